The Kier molecular flexibility index (Phi) is 7.70. The molecule has 0 saturated heterocycles. The van der Waals surface area contributed by atoms with Gasteiger partial charge in [0, 0.05) is 37.5 Å². The van der Waals surface area contributed by atoms with E-state index >= 15 is 4.39 Å². The fraction of sp³-hybridized carbons (Fsp3) is 0.385. The van der Waals surface area contributed by atoms with Gasteiger partial charge in [-0.05, 0) is 43.0 Å². The van der Waals surface area contributed by atoms with Crippen LogP contribution in [0.1, 0.15) is 53.8 Å². The molecule has 202 valence electrons. The van der Waals surface area contributed by atoms with Crippen molar-refractivity contribution >= 4 is 17.5 Å². The number of nitrogens with zero attached hydrogens (tertiary/aromatic N) is 3. The average molecular weight is 534 g/mol. The third kappa shape index (κ3) is 5.63. The van der Waals surface area contributed by atoms with Crippen LogP contribution in [0.5, 0.6) is 0 Å². The smallest absolute Gasteiger partial charge is 0.417 e. The number of hydrogen-bond acceptors (Lipinski definition) is 4. The highest BCUT2D eigenvalue weighted by molar-refractivity contribution is 6.00. The van der Waals surface area contributed by atoms with Gasteiger partial charge in [0.1, 0.15) is 17.6 Å². The molecule has 12 heteroatoms. The van der Waals surface area contributed by atoms with E-state index in [0.717, 1.165) is 50.4 Å². The number of carbonyl (C=O) groups is 2. The topological polar surface area (TPSA) is 103 Å². The number of carbonyl (C=O) groups excluding carboxylic acids is 2. The third-order valence-corrected chi connectivity index (χ3v) is 6.89. The molecule has 1 saturated carbocycles. The molecule has 0 bridgehead atoms. The lowest BCUT2D eigenvalue weighted by atomic mass is 9.83. The zero-order valence-corrected chi connectivity index (χ0v) is 20.8. The molecule has 0 radical (unpaired) electrons. The number of nitrogens with one attached hydrogen (secondary N) is 2. The minimum Gasteiger partial charge on any atom is -0.618 e. The zero-order chi connectivity index (χ0) is 27.6. The van der Waals surface area contributed by atoms with Gasteiger partial charge in [-0.1, -0.05) is 19.3 Å². The molecule has 1 atom stereocenters. The number of aryl methyl sites for hydroxylation is 1. The van der Waals surface area contributed by atoms with E-state index in [1.165, 1.54) is 29.9 Å². The van der Waals surface area contributed by atoms with Crippen LogP contribution in [0.3, 0.4) is 0 Å². The minimum atomic E-state index is -4.81. The normalized spacial score (nSPS) is 15.2. The van der Waals surface area contributed by atoms with E-state index in [9.17, 15) is 28.0 Å². The van der Waals surface area contributed by atoms with E-state index in [1.54, 1.807) is 7.05 Å². The Morgan fingerprint density at radius 3 is 2.47 bits per heavy atom. The summed E-state index contributed by atoms with van der Waals surface area (Å²) in [6, 6.07) is 4.46. The van der Waals surface area contributed by atoms with Crippen LogP contribution in [0.25, 0.3) is 11.1 Å². The molecular formula is C26H27F4N5O3. The summed E-state index contributed by atoms with van der Waals surface area (Å²) in [4.78, 5) is 26.1. The van der Waals surface area contributed by atoms with Crippen LogP contribution in [-0.2, 0) is 18.0 Å². The fourth-order valence-electron chi connectivity index (χ4n) is 4.91. The van der Waals surface area contributed by atoms with E-state index < -0.39 is 46.5 Å². The first-order valence-electron chi connectivity index (χ1n) is 12.2. The summed E-state index contributed by atoms with van der Waals surface area (Å²) in [6.45, 7) is 1.17. The first kappa shape index (κ1) is 27.1. The summed E-state index contributed by atoms with van der Waals surface area (Å²) >= 11 is 0. The number of hydrogen-bond donors (Lipinski definition) is 2. The lowest BCUT2D eigenvalue weighted by Crippen LogP contribution is -2.49. The van der Waals surface area contributed by atoms with Crippen LogP contribution in [0.2, 0.25) is 0 Å². The van der Waals surface area contributed by atoms with Gasteiger partial charge in [-0.2, -0.15) is 23.0 Å². The molecule has 3 aromatic rings. The van der Waals surface area contributed by atoms with Crippen LogP contribution in [0.4, 0.5) is 23.2 Å². The lowest BCUT2D eigenvalue weighted by Gasteiger charge is -2.30. The Labute approximate surface area is 216 Å². The van der Waals surface area contributed by atoms with Crippen molar-refractivity contribution in [2.24, 2.45) is 13.0 Å². The van der Waals surface area contributed by atoms with E-state index in [1.807, 2.05) is 0 Å². The predicted molar refractivity (Wildman–Crippen MR) is 130 cm³/mol. The molecule has 1 fully saturated rings. The molecule has 8 nitrogen and oxygen atoms in total. The molecule has 0 aliphatic heterocycles. The van der Waals surface area contributed by atoms with Gasteiger partial charge < -0.3 is 15.8 Å². The van der Waals surface area contributed by atoms with Gasteiger partial charge >= 0.3 is 6.18 Å². The third-order valence-electron chi connectivity index (χ3n) is 6.89. The second-order valence-corrected chi connectivity index (χ2v) is 9.39. The number of aromatic nitrogens is 3. The molecule has 38 heavy (non-hydrogen) atoms. The molecule has 2 aromatic heterocycles. The number of pyridine rings is 1. The molecule has 1 aliphatic rings. The van der Waals surface area contributed by atoms with Crippen molar-refractivity contribution in [3.8, 4) is 11.1 Å². The number of anilines is 1. The van der Waals surface area contributed by atoms with Crippen molar-refractivity contribution in [1.29, 1.82) is 0 Å². The van der Waals surface area contributed by atoms with E-state index in [0.29, 0.717) is 6.07 Å². The molecule has 2 amide bonds. The van der Waals surface area contributed by atoms with Gasteiger partial charge in [-0.25, -0.2) is 4.39 Å². The summed E-state index contributed by atoms with van der Waals surface area (Å²) < 4.78 is 57.6. The first-order valence-corrected chi connectivity index (χ1v) is 12.2. The molecule has 2 heterocycles. The van der Waals surface area contributed by atoms with Crippen molar-refractivity contribution in [2.45, 2.75) is 51.2 Å². The second-order valence-electron chi connectivity index (χ2n) is 9.39. The summed E-state index contributed by atoms with van der Waals surface area (Å²) in [5.41, 5.74) is -2.19. The SMILES string of the molecule is Cc1c(-c2ccc(NC(=O)[C@@H](NC(=O)c3ccnn3C)C3CCCCC3)cc2F)c(C(F)(F)F)cc[n+]1[O-]. The van der Waals surface area contributed by atoms with Crippen LogP contribution in [0.15, 0.2) is 42.7 Å². The average Bonchev–Trinajstić information content (AvgIpc) is 3.30. The molecule has 1 aromatic carbocycles. The second kappa shape index (κ2) is 10.8. The molecule has 0 spiro atoms. The molecule has 2 N–H and O–H groups in total. The summed E-state index contributed by atoms with van der Waals surface area (Å²) in [7, 11) is 1.60. The number of alkyl halides is 3. The van der Waals surface area contributed by atoms with E-state index in [-0.39, 0.29) is 27.7 Å². The summed E-state index contributed by atoms with van der Waals surface area (Å²) in [6.07, 6.45) is 1.64. The minimum absolute atomic E-state index is 0.00369. The van der Waals surface area contributed by atoms with Gasteiger partial charge in [0.05, 0.1) is 11.1 Å². The Morgan fingerprint density at radius 1 is 1.16 bits per heavy atom. The van der Waals surface area contributed by atoms with Crippen LogP contribution >= 0.6 is 0 Å². The monoisotopic (exact) mass is 533 g/mol. The van der Waals surface area contributed by atoms with E-state index in [4.69, 9.17) is 0 Å². The Bertz CT molecular complexity index is 1350. The lowest BCUT2D eigenvalue weighted by molar-refractivity contribution is -0.611. The van der Waals surface area contributed by atoms with Crippen LogP contribution in [-0.4, -0.2) is 27.6 Å². The quantitative estimate of drug-likeness (QED) is 0.277. The largest absolute Gasteiger partial charge is 0.618 e. The van der Waals surface area contributed by atoms with Gasteiger partial charge in [0.2, 0.25) is 5.91 Å². The van der Waals surface area contributed by atoms with Crippen molar-refractivity contribution in [1.82, 2.24) is 15.1 Å². The number of rotatable bonds is 6. The Balaban J connectivity index is 1.61. The Morgan fingerprint density at radius 2 is 1.87 bits per heavy atom. The standard InChI is InChI=1S/C26H27F4N5O3/c1-15-22(19(26(28,29)30)11-13-35(15)38)18-9-8-17(14-20(18)27)32-25(37)23(16-6-4-3-5-7-16)33-24(36)21-10-12-31-34(21)2/h8-14,16,23H,3-7H2,1-2H3,(H,32,37)(H,33,36)/t23-/m0/s1. The van der Waals surface area contributed by atoms with E-state index in [2.05, 4.69) is 15.7 Å². The fourth-order valence-corrected chi connectivity index (χ4v) is 4.91. The number of halogens is 4. The van der Waals surface area contributed by atoms with Crippen molar-refractivity contribution in [3.63, 3.8) is 0 Å². The summed E-state index contributed by atoms with van der Waals surface area (Å²) in [5.74, 6) is -2.24. The maximum atomic E-state index is 15.2. The number of amides is 2. The van der Waals surface area contributed by atoms with Crippen molar-refractivity contribution < 1.29 is 31.9 Å². The van der Waals surface area contributed by atoms with Crippen LogP contribution in [0, 0.1) is 23.9 Å². The maximum absolute atomic E-state index is 15.2. The summed E-state index contributed by atoms with van der Waals surface area (Å²) in [5, 5.41) is 21.3. The van der Waals surface area contributed by atoms with Gasteiger partial charge in [-0.3, -0.25) is 14.3 Å². The Hall–Kier alpha value is -3.96. The highest BCUT2D eigenvalue weighted by atomic mass is 19.4. The number of benzene rings is 1. The van der Waals surface area contributed by atoms with Crippen LogP contribution < -0.4 is 15.4 Å². The predicted octanol–water partition coefficient (Wildman–Crippen LogP) is 4.50. The van der Waals surface area contributed by atoms with Gasteiger partial charge in [0.25, 0.3) is 5.91 Å². The molecule has 1 aliphatic carbocycles. The molecule has 0 unspecified atom stereocenters. The maximum Gasteiger partial charge on any atom is 0.417 e. The first-order chi connectivity index (χ1) is 18.0. The molecule has 4 rings (SSSR count). The highest BCUT2D eigenvalue weighted by Gasteiger charge is 2.37. The highest BCUT2D eigenvalue weighted by Crippen LogP contribution is 2.39. The van der Waals surface area contributed by atoms with Gasteiger partial charge in [0.15, 0.2) is 11.9 Å². The molecular weight excluding hydrogens is 506 g/mol. The van der Waals surface area contributed by atoms with Gasteiger partial charge in [-0.15, -0.1) is 0 Å². The zero-order valence-electron chi connectivity index (χ0n) is 20.8. The van der Waals surface area contributed by atoms with Crippen molar-refractivity contribution in [2.75, 3.05) is 5.32 Å². The van der Waals surface area contributed by atoms with Crippen molar-refractivity contribution in [3.05, 3.63) is 70.7 Å².